The maximum absolute atomic E-state index is 11.8. The second-order valence-corrected chi connectivity index (χ2v) is 4.56. The minimum atomic E-state index is -0.286. The molecule has 1 heterocycles. The summed E-state index contributed by atoms with van der Waals surface area (Å²) in [5.74, 6) is 0.269. The van der Waals surface area contributed by atoms with Crippen molar-refractivity contribution in [2.45, 2.75) is 4.90 Å². The molecule has 0 unspecified atom stereocenters. The molecule has 0 fully saturated rings. The second kappa shape index (κ2) is 5.21. The first-order valence-electron chi connectivity index (χ1n) is 4.72. The predicted molar refractivity (Wildman–Crippen MR) is 65.7 cm³/mol. The van der Waals surface area contributed by atoms with E-state index in [9.17, 15) is 9.59 Å². The van der Waals surface area contributed by atoms with Crippen molar-refractivity contribution >= 4 is 34.8 Å². The number of aldehydes is 1. The molecule has 17 heavy (non-hydrogen) atoms. The third-order valence-corrected chi connectivity index (χ3v) is 3.39. The first-order valence-corrected chi connectivity index (χ1v) is 5.92. The molecule has 0 saturated heterocycles. The molecule has 0 aliphatic heterocycles. The quantitative estimate of drug-likeness (QED) is 0.628. The highest BCUT2D eigenvalue weighted by atomic mass is 35.5. The summed E-state index contributed by atoms with van der Waals surface area (Å²) in [6.07, 6.45) is 0.553. The van der Waals surface area contributed by atoms with Gasteiger partial charge in [-0.15, -0.1) is 0 Å². The maximum Gasteiger partial charge on any atom is 0.259 e. The van der Waals surface area contributed by atoms with Gasteiger partial charge in [-0.05, 0) is 36.0 Å². The normalized spacial score (nSPS) is 10.2. The van der Waals surface area contributed by atoms with E-state index in [4.69, 9.17) is 16.0 Å². The Labute approximate surface area is 107 Å². The van der Waals surface area contributed by atoms with Gasteiger partial charge in [0.05, 0.1) is 5.02 Å². The molecule has 0 bridgehead atoms. The predicted octanol–water partition coefficient (Wildman–Crippen LogP) is 3.68. The standard InChI is InChI=1S/C12H7ClO3S/c13-9-3-1-2-4-11(9)17-12(15)10-6-5-8(7-14)16-10/h1-7H. The molecule has 3 nitrogen and oxygen atoms in total. The molecule has 1 aromatic heterocycles. The molecular weight excluding hydrogens is 260 g/mol. The number of hydrogen-bond acceptors (Lipinski definition) is 4. The molecule has 0 aliphatic carbocycles. The van der Waals surface area contributed by atoms with Gasteiger partial charge >= 0.3 is 0 Å². The zero-order valence-corrected chi connectivity index (χ0v) is 10.1. The molecule has 1 aromatic carbocycles. The Balaban J connectivity index is 2.17. The topological polar surface area (TPSA) is 47.3 Å². The summed E-state index contributed by atoms with van der Waals surface area (Å²) in [4.78, 5) is 22.9. The van der Waals surface area contributed by atoms with E-state index in [0.29, 0.717) is 16.2 Å². The number of carbonyl (C=O) groups is 2. The van der Waals surface area contributed by atoms with Crippen molar-refractivity contribution in [3.8, 4) is 0 Å². The summed E-state index contributed by atoms with van der Waals surface area (Å²) in [5.41, 5.74) is 0. The van der Waals surface area contributed by atoms with Crippen LogP contribution in [0.4, 0.5) is 0 Å². The van der Waals surface area contributed by atoms with Crippen LogP contribution in [0, 0.1) is 0 Å². The van der Waals surface area contributed by atoms with Gasteiger partial charge in [0.15, 0.2) is 17.8 Å². The molecular formula is C12H7ClO3S. The lowest BCUT2D eigenvalue weighted by Crippen LogP contribution is -1.90. The van der Waals surface area contributed by atoms with Crippen molar-refractivity contribution in [2.75, 3.05) is 0 Å². The lowest BCUT2D eigenvalue weighted by Gasteiger charge is -2.00. The summed E-state index contributed by atoms with van der Waals surface area (Å²) in [6, 6.07) is 9.95. The van der Waals surface area contributed by atoms with Crippen LogP contribution in [-0.4, -0.2) is 11.4 Å². The molecule has 86 valence electrons. The van der Waals surface area contributed by atoms with E-state index in [-0.39, 0.29) is 16.6 Å². The number of halogens is 1. The average molecular weight is 267 g/mol. The third-order valence-electron chi connectivity index (χ3n) is 1.98. The largest absolute Gasteiger partial charge is 0.449 e. The molecule has 2 aromatic rings. The van der Waals surface area contributed by atoms with Crippen molar-refractivity contribution in [2.24, 2.45) is 0 Å². The van der Waals surface area contributed by atoms with Crippen molar-refractivity contribution < 1.29 is 14.0 Å². The minimum Gasteiger partial charge on any atom is -0.449 e. The molecule has 0 saturated carbocycles. The van der Waals surface area contributed by atoms with Gasteiger partial charge in [-0.25, -0.2) is 0 Å². The smallest absolute Gasteiger partial charge is 0.259 e. The number of rotatable bonds is 3. The van der Waals surface area contributed by atoms with E-state index in [0.717, 1.165) is 11.8 Å². The first kappa shape index (κ1) is 12.0. The highest BCUT2D eigenvalue weighted by Crippen LogP contribution is 2.29. The monoisotopic (exact) mass is 266 g/mol. The van der Waals surface area contributed by atoms with Crippen LogP contribution in [-0.2, 0) is 0 Å². The maximum atomic E-state index is 11.8. The molecule has 5 heteroatoms. The van der Waals surface area contributed by atoms with Gasteiger partial charge in [0, 0.05) is 4.90 Å². The van der Waals surface area contributed by atoms with Gasteiger partial charge in [0.1, 0.15) is 0 Å². The Bertz CT molecular complexity index is 562. The minimum absolute atomic E-state index is 0.133. The summed E-state index contributed by atoms with van der Waals surface area (Å²) >= 11 is 6.90. The van der Waals surface area contributed by atoms with Crippen molar-refractivity contribution in [1.29, 1.82) is 0 Å². The van der Waals surface area contributed by atoms with E-state index < -0.39 is 0 Å². The second-order valence-electron chi connectivity index (χ2n) is 3.14. The highest BCUT2D eigenvalue weighted by molar-refractivity contribution is 8.14. The fourth-order valence-electron chi connectivity index (χ4n) is 1.20. The van der Waals surface area contributed by atoms with Crippen LogP contribution in [0.5, 0.6) is 0 Å². The van der Waals surface area contributed by atoms with Crippen LogP contribution < -0.4 is 0 Å². The fourth-order valence-corrected chi connectivity index (χ4v) is 2.18. The van der Waals surface area contributed by atoms with E-state index >= 15 is 0 Å². The van der Waals surface area contributed by atoms with Crippen LogP contribution in [0.15, 0.2) is 45.7 Å². The van der Waals surface area contributed by atoms with Gasteiger partial charge < -0.3 is 4.42 Å². The molecule has 0 radical (unpaired) electrons. The van der Waals surface area contributed by atoms with E-state index in [1.807, 2.05) is 0 Å². The Hall–Kier alpha value is -1.52. The molecule has 0 amide bonds. The van der Waals surface area contributed by atoms with Crippen LogP contribution >= 0.6 is 23.4 Å². The Morgan fingerprint density at radius 1 is 1.24 bits per heavy atom. The van der Waals surface area contributed by atoms with Crippen molar-refractivity contribution in [1.82, 2.24) is 0 Å². The first-order chi connectivity index (χ1) is 8.20. The SMILES string of the molecule is O=Cc1ccc(C(=O)Sc2ccccc2Cl)o1. The number of hydrogen-bond donors (Lipinski definition) is 0. The number of thioether (sulfide) groups is 1. The Kier molecular flexibility index (Phi) is 3.66. The van der Waals surface area contributed by atoms with Gasteiger partial charge in [-0.1, -0.05) is 23.7 Å². The van der Waals surface area contributed by atoms with Crippen molar-refractivity contribution in [3.63, 3.8) is 0 Å². The lowest BCUT2D eigenvalue weighted by molar-refractivity contribution is 0.105. The third kappa shape index (κ3) is 2.78. The summed E-state index contributed by atoms with van der Waals surface area (Å²) in [6.45, 7) is 0. The van der Waals surface area contributed by atoms with Gasteiger partial charge in [-0.2, -0.15) is 0 Å². The van der Waals surface area contributed by atoms with Crippen LogP contribution in [0.2, 0.25) is 5.02 Å². The highest BCUT2D eigenvalue weighted by Gasteiger charge is 2.14. The molecule has 2 rings (SSSR count). The van der Waals surface area contributed by atoms with E-state index in [1.165, 1.54) is 12.1 Å². The molecule has 0 atom stereocenters. The van der Waals surface area contributed by atoms with Crippen LogP contribution in [0.1, 0.15) is 21.1 Å². The number of benzene rings is 1. The lowest BCUT2D eigenvalue weighted by atomic mass is 10.4. The summed E-state index contributed by atoms with van der Waals surface area (Å²) < 4.78 is 5.03. The van der Waals surface area contributed by atoms with Gasteiger partial charge in [-0.3, -0.25) is 9.59 Å². The number of carbonyl (C=O) groups excluding carboxylic acids is 2. The van der Waals surface area contributed by atoms with E-state index in [1.54, 1.807) is 24.3 Å². The Morgan fingerprint density at radius 3 is 2.65 bits per heavy atom. The van der Waals surface area contributed by atoms with Crippen LogP contribution in [0.3, 0.4) is 0 Å². The zero-order chi connectivity index (χ0) is 12.3. The molecule has 0 aliphatic rings. The van der Waals surface area contributed by atoms with Crippen molar-refractivity contribution in [3.05, 3.63) is 52.9 Å². The average Bonchev–Trinajstić information content (AvgIpc) is 2.81. The fraction of sp³-hybridized carbons (Fsp3) is 0. The number of furan rings is 1. The molecule has 0 spiro atoms. The summed E-state index contributed by atoms with van der Waals surface area (Å²) in [5, 5.41) is 0.221. The van der Waals surface area contributed by atoms with Gasteiger partial charge in [0.2, 0.25) is 0 Å². The van der Waals surface area contributed by atoms with Crippen LogP contribution in [0.25, 0.3) is 0 Å². The Morgan fingerprint density at radius 2 is 2.00 bits per heavy atom. The molecule has 0 N–H and O–H groups in total. The van der Waals surface area contributed by atoms with Gasteiger partial charge in [0.25, 0.3) is 5.12 Å². The van der Waals surface area contributed by atoms with E-state index in [2.05, 4.69) is 0 Å². The summed E-state index contributed by atoms with van der Waals surface area (Å²) in [7, 11) is 0. The zero-order valence-electron chi connectivity index (χ0n) is 8.55.